The Balaban J connectivity index is 2.06. The summed E-state index contributed by atoms with van der Waals surface area (Å²) in [7, 11) is 2.81. The van der Waals surface area contributed by atoms with Gasteiger partial charge in [-0.2, -0.15) is 0 Å². The van der Waals surface area contributed by atoms with Crippen LogP contribution in [0.25, 0.3) is 0 Å². The van der Waals surface area contributed by atoms with E-state index in [1.807, 2.05) is 0 Å². The molecule has 1 heteroatoms. The first-order valence-corrected chi connectivity index (χ1v) is 4.45. The SMILES string of the molecule is PCCC1CCCC1. The van der Waals surface area contributed by atoms with Crippen LogP contribution in [0, 0.1) is 5.92 Å². The fraction of sp³-hybridized carbons (Fsp3) is 1.00. The highest BCUT2D eigenvalue weighted by Gasteiger charge is 2.12. The highest BCUT2D eigenvalue weighted by Crippen LogP contribution is 2.27. The van der Waals surface area contributed by atoms with E-state index in [-0.39, 0.29) is 0 Å². The topological polar surface area (TPSA) is 0 Å². The van der Waals surface area contributed by atoms with Crippen molar-refractivity contribution in [1.29, 1.82) is 0 Å². The second kappa shape index (κ2) is 3.45. The second-order valence-electron chi connectivity index (χ2n) is 2.73. The van der Waals surface area contributed by atoms with Gasteiger partial charge in [0.25, 0.3) is 0 Å². The summed E-state index contributed by atoms with van der Waals surface area (Å²) in [6.07, 6.45) is 8.77. The molecule has 0 aromatic rings. The average Bonchev–Trinajstić information content (AvgIpc) is 2.19. The Hall–Kier alpha value is 0.430. The molecule has 0 amide bonds. The third-order valence-corrected chi connectivity index (χ3v) is 2.38. The Morgan fingerprint density at radius 2 is 1.88 bits per heavy atom. The average molecular weight is 130 g/mol. The predicted octanol–water partition coefficient (Wildman–Crippen LogP) is 2.44. The van der Waals surface area contributed by atoms with E-state index in [0.29, 0.717) is 0 Å². The van der Waals surface area contributed by atoms with Gasteiger partial charge >= 0.3 is 0 Å². The van der Waals surface area contributed by atoms with Gasteiger partial charge in [-0.25, -0.2) is 0 Å². The van der Waals surface area contributed by atoms with Crippen molar-refractivity contribution in [3.63, 3.8) is 0 Å². The third kappa shape index (κ3) is 1.74. The first-order chi connectivity index (χ1) is 3.93. The summed E-state index contributed by atoms with van der Waals surface area (Å²) >= 11 is 0. The lowest BCUT2D eigenvalue weighted by molar-refractivity contribution is 0.535. The highest BCUT2D eigenvalue weighted by atomic mass is 31.0. The van der Waals surface area contributed by atoms with E-state index in [1.165, 1.54) is 38.3 Å². The maximum absolute atomic E-state index is 2.81. The summed E-state index contributed by atoms with van der Waals surface area (Å²) in [5, 5.41) is 0. The van der Waals surface area contributed by atoms with Crippen molar-refractivity contribution < 1.29 is 0 Å². The minimum absolute atomic E-state index is 1.09. The van der Waals surface area contributed by atoms with Gasteiger partial charge in [0.1, 0.15) is 0 Å². The molecule has 48 valence electrons. The van der Waals surface area contributed by atoms with Gasteiger partial charge in [0.15, 0.2) is 0 Å². The molecule has 1 aliphatic carbocycles. The number of rotatable bonds is 2. The van der Waals surface area contributed by atoms with E-state index in [1.54, 1.807) is 0 Å². The maximum Gasteiger partial charge on any atom is -0.0378 e. The fourth-order valence-corrected chi connectivity index (χ4v) is 2.01. The smallest absolute Gasteiger partial charge is 0.0378 e. The van der Waals surface area contributed by atoms with Crippen molar-refractivity contribution in [3.8, 4) is 0 Å². The molecule has 0 radical (unpaired) electrons. The maximum atomic E-state index is 2.81. The second-order valence-corrected chi connectivity index (χ2v) is 3.31. The third-order valence-electron chi connectivity index (χ3n) is 2.05. The molecule has 1 aliphatic rings. The predicted molar refractivity (Wildman–Crippen MR) is 41.2 cm³/mol. The van der Waals surface area contributed by atoms with Crippen LogP contribution < -0.4 is 0 Å². The Morgan fingerprint density at radius 3 is 2.38 bits per heavy atom. The van der Waals surface area contributed by atoms with Gasteiger partial charge in [-0.1, -0.05) is 25.7 Å². The Bertz CT molecular complexity index is 55.4. The molecule has 0 spiro atoms. The van der Waals surface area contributed by atoms with Crippen LogP contribution in [0.4, 0.5) is 0 Å². The highest BCUT2D eigenvalue weighted by molar-refractivity contribution is 7.16. The summed E-state index contributed by atoms with van der Waals surface area (Å²) in [4.78, 5) is 0. The molecule has 8 heavy (non-hydrogen) atoms. The minimum Gasteiger partial charge on any atom is -0.138 e. The minimum atomic E-state index is 1.09. The van der Waals surface area contributed by atoms with Gasteiger partial charge in [0, 0.05) is 0 Å². The summed E-state index contributed by atoms with van der Waals surface area (Å²) in [5.74, 6) is 1.09. The van der Waals surface area contributed by atoms with Crippen LogP contribution in [-0.4, -0.2) is 6.16 Å². The van der Waals surface area contributed by atoms with Gasteiger partial charge in [0.2, 0.25) is 0 Å². The molecule has 0 aromatic carbocycles. The first kappa shape index (κ1) is 6.55. The van der Waals surface area contributed by atoms with Crippen molar-refractivity contribution in [2.45, 2.75) is 32.1 Å². The molecule has 1 atom stereocenters. The normalized spacial score (nSPS) is 22.1. The van der Waals surface area contributed by atoms with Crippen LogP contribution in [-0.2, 0) is 0 Å². The van der Waals surface area contributed by atoms with Crippen LogP contribution in [0.15, 0.2) is 0 Å². The molecule has 1 saturated carbocycles. The first-order valence-electron chi connectivity index (χ1n) is 3.63. The van der Waals surface area contributed by atoms with Crippen LogP contribution in [0.1, 0.15) is 32.1 Å². The van der Waals surface area contributed by atoms with Crippen molar-refractivity contribution in [3.05, 3.63) is 0 Å². The lowest BCUT2D eigenvalue weighted by atomic mass is 10.1. The monoisotopic (exact) mass is 130 g/mol. The van der Waals surface area contributed by atoms with Crippen LogP contribution >= 0.6 is 9.24 Å². The number of hydrogen-bond donors (Lipinski definition) is 0. The van der Waals surface area contributed by atoms with E-state index >= 15 is 0 Å². The van der Waals surface area contributed by atoms with Gasteiger partial charge in [-0.05, 0) is 18.5 Å². The van der Waals surface area contributed by atoms with E-state index in [4.69, 9.17) is 0 Å². The van der Waals surface area contributed by atoms with Crippen molar-refractivity contribution >= 4 is 9.24 Å². The molecular weight excluding hydrogens is 115 g/mol. The molecule has 0 saturated heterocycles. The summed E-state index contributed by atoms with van der Waals surface area (Å²) in [6, 6.07) is 0. The summed E-state index contributed by atoms with van der Waals surface area (Å²) in [5.41, 5.74) is 0. The molecular formula is C7H15P. The van der Waals surface area contributed by atoms with Crippen LogP contribution in [0.2, 0.25) is 0 Å². The van der Waals surface area contributed by atoms with E-state index in [2.05, 4.69) is 9.24 Å². The summed E-state index contributed by atoms with van der Waals surface area (Å²) in [6.45, 7) is 0. The molecule has 0 heterocycles. The van der Waals surface area contributed by atoms with Gasteiger partial charge in [-0.3, -0.25) is 0 Å². The van der Waals surface area contributed by atoms with Crippen molar-refractivity contribution in [1.82, 2.24) is 0 Å². The molecule has 0 aromatic heterocycles. The molecule has 0 N–H and O–H groups in total. The lowest BCUT2D eigenvalue weighted by Crippen LogP contribution is -1.91. The number of hydrogen-bond acceptors (Lipinski definition) is 0. The van der Waals surface area contributed by atoms with Crippen LogP contribution in [0.3, 0.4) is 0 Å². The molecule has 0 bridgehead atoms. The summed E-state index contributed by atoms with van der Waals surface area (Å²) < 4.78 is 0. The molecule has 0 nitrogen and oxygen atoms in total. The quantitative estimate of drug-likeness (QED) is 0.503. The fourth-order valence-electron chi connectivity index (χ4n) is 1.53. The molecule has 1 unspecified atom stereocenters. The molecule has 0 aliphatic heterocycles. The molecule has 1 rings (SSSR count). The van der Waals surface area contributed by atoms with E-state index in [0.717, 1.165) is 5.92 Å². The van der Waals surface area contributed by atoms with Gasteiger partial charge < -0.3 is 0 Å². The Labute approximate surface area is 54.3 Å². The lowest BCUT2D eigenvalue weighted by Gasteiger charge is -2.03. The Kier molecular flexibility index (Phi) is 2.83. The molecule has 1 fully saturated rings. The zero-order valence-electron chi connectivity index (χ0n) is 5.40. The van der Waals surface area contributed by atoms with Crippen molar-refractivity contribution in [2.24, 2.45) is 5.92 Å². The zero-order valence-corrected chi connectivity index (χ0v) is 6.55. The zero-order chi connectivity index (χ0) is 5.82. The van der Waals surface area contributed by atoms with E-state index < -0.39 is 0 Å². The van der Waals surface area contributed by atoms with Crippen LogP contribution in [0.5, 0.6) is 0 Å². The standard InChI is InChI=1S/C7H15P/c8-6-5-7-3-1-2-4-7/h7H,1-6,8H2. The van der Waals surface area contributed by atoms with Gasteiger partial charge in [0.05, 0.1) is 0 Å². The largest absolute Gasteiger partial charge is 0.138 e. The van der Waals surface area contributed by atoms with E-state index in [9.17, 15) is 0 Å². The van der Waals surface area contributed by atoms with Gasteiger partial charge in [-0.15, -0.1) is 9.24 Å². The van der Waals surface area contributed by atoms with Crippen molar-refractivity contribution in [2.75, 3.05) is 6.16 Å². The Morgan fingerprint density at radius 1 is 1.25 bits per heavy atom.